The first-order valence-corrected chi connectivity index (χ1v) is 9.68. The highest BCUT2D eigenvalue weighted by molar-refractivity contribution is 9.10. The van der Waals surface area contributed by atoms with Crippen LogP contribution in [0.15, 0.2) is 63.1 Å². The Balaban J connectivity index is 1.45. The van der Waals surface area contributed by atoms with E-state index in [4.69, 9.17) is 13.9 Å². The average molecular weight is 444 g/mol. The van der Waals surface area contributed by atoms with E-state index in [2.05, 4.69) is 31.1 Å². The van der Waals surface area contributed by atoms with E-state index in [0.29, 0.717) is 12.5 Å². The number of rotatable bonds is 6. The van der Waals surface area contributed by atoms with Gasteiger partial charge >= 0.3 is 0 Å². The number of ether oxygens (including phenoxy) is 2. The molecule has 27 heavy (non-hydrogen) atoms. The predicted molar refractivity (Wildman–Crippen MR) is 106 cm³/mol. The van der Waals surface area contributed by atoms with E-state index < -0.39 is 0 Å². The fourth-order valence-corrected chi connectivity index (χ4v) is 3.68. The molecule has 2 heterocycles. The van der Waals surface area contributed by atoms with Gasteiger partial charge in [-0.3, -0.25) is 0 Å². The molecular weight excluding hydrogens is 430 g/mol. The van der Waals surface area contributed by atoms with E-state index in [1.54, 1.807) is 18.4 Å². The van der Waals surface area contributed by atoms with Gasteiger partial charge in [-0.2, -0.15) is 0 Å². The number of hydrogen-bond donors (Lipinski definition) is 0. The van der Waals surface area contributed by atoms with E-state index in [1.807, 2.05) is 47.8 Å². The van der Waals surface area contributed by atoms with Crippen molar-refractivity contribution in [3.05, 3.63) is 64.4 Å². The molecule has 0 fully saturated rings. The van der Waals surface area contributed by atoms with Gasteiger partial charge in [0.2, 0.25) is 12.3 Å². The van der Waals surface area contributed by atoms with Gasteiger partial charge in [0.25, 0.3) is 0 Å². The van der Waals surface area contributed by atoms with Crippen LogP contribution in [0.1, 0.15) is 5.69 Å². The van der Waals surface area contributed by atoms with E-state index in [9.17, 15) is 0 Å². The van der Waals surface area contributed by atoms with Crippen molar-refractivity contribution in [1.29, 1.82) is 0 Å². The number of benzene rings is 2. The summed E-state index contributed by atoms with van der Waals surface area (Å²) in [4.78, 5) is 4.66. The van der Waals surface area contributed by atoms with Crippen molar-refractivity contribution in [2.75, 3.05) is 7.11 Å². The van der Waals surface area contributed by atoms with Crippen molar-refractivity contribution in [3.8, 4) is 33.5 Å². The third kappa shape index (κ3) is 4.01. The fourth-order valence-electron chi connectivity index (χ4n) is 2.49. The lowest BCUT2D eigenvalue weighted by Crippen LogP contribution is -1.96. The summed E-state index contributed by atoms with van der Waals surface area (Å²) in [5, 5.41) is 10.4. The van der Waals surface area contributed by atoms with Gasteiger partial charge in [-0.1, -0.05) is 15.9 Å². The predicted octanol–water partition coefficient (Wildman–Crippen LogP) is 5.21. The highest BCUT2D eigenvalue weighted by Gasteiger charge is 2.11. The highest BCUT2D eigenvalue weighted by Crippen LogP contribution is 2.34. The normalized spacial score (nSPS) is 10.7. The molecule has 6 nitrogen and oxygen atoms in total. The number of hydrogen-bond acceptors (Lipinski definition) is 7. The molecule has 0 amide bonds. The monoisotopic (exact) mass is 443 g/mol. The van der Waals surface area contributed by atoms with Crippen molar-refractivity contribution >= 4 is 27.3 Å². The molecule has 0 saturated heterocycles. The van der Waals surface area contributed by atoms with Crippen molar-refractivity contribution < 1.29 is 13.9 Å². The molecule has 4 rings (SSSR count). The van der Waals surface area contributed by atoms with Gasteiger partial charge in [-0.15, -0.1) is 21.5 Å². The Bertz CT molecular complexity index is 1030. The zero-order chi connectivity index (χ0) is 18.6. The van der Waals surface area contributed by atoms with Gasteiger partial charge < -0.3 is 13.9 Å². The van der Waals surface area contributed by atoms with Crippen LogP contribution in [0.25, 0.3) is 22.0 Å². The van der Waals surface area contributed by atoms with Crippen molar-refractivity contribution in [1.82, 2.24) is 15.2 Å². The summed E-state index contributed by atoms with van der Waals surface area (Å²) < 4.78 is 17.4. The van der Waals surface area contributed by atoms with Crippen LogP contribution in [0.4, 0.5) is 0 Å². The minimum absolute atomic E-state index is 0.382. The second-order valence-electron chi connectivity index (χ2n) is 5.55. The highest BCUT2D eigenvalue weighted by atomic mass is 79.9. The van der Waals surface area contributed by atoms with Gasteiger partial charge in [-0.05, 0) is 42.5 Å². The molecule has 0 bridgehead atoms. The van der Waals surface area contributed by atoms with Gasteiger partial charge in [0, 0.05) is 15.4 Å². The van der Waals surface area contributed by atoms with Crippen LogP contribution >= 0.6 is 27.3 Å². The molecule has 2 aromatic carbocycles. The number of methoxy groups -OCH3 is 1. The van der Waals surface area contributed by atoms with Gasteiger partial charge in [0.1, 0.15) is 23.1 Å². The van der Waals surface area contributed by atoms with Gasteiger partial charge in [-0.25, -0.2) is 4.98 Å². The molecule has 0 aliphatic carbocycles. The second-order valence-corrected chi connectivity index (χ2v) is 7.32. The molecule has 8 heteroatoms. The van der Waals surface area contributed by atoms with E-state index >= 15 is 0 Å². The third-order valence-corrected chi connectivity index (χ3v) is 5.21. The van der Waals surface area contributed by atoms with E-state index in [-0.39, 0.29) is 0 Å². The summed E-state index contributed by atoms with van der Waals surface area (Å²) in [6, 6.07) is 13.3. The first-order valence-electron chi connectivity index (χ1n) is 8.00. The Labute approximate surface area is 167 Å². The Kier molecular flexibility index (Phi) is 5.17. The summed E-state index contributed by atoms with van der Waals surface area (Å²) in [6.45, 7) is 0.382. The summed E-state index contributed by atoms with van der Waals surface area (Å²) in [5.41, 5.74) is 2.66. The molecule has 0 aliphatic heterocycles. The van der Waals surface area contributed by atoms with E-state index in [1.165, 1.54) is 6.39 Å². The molecule has 0 saturated carbocycles. The minimum Gasteiger partial charge on any atom is -0.496 e. The number of thiazole rings is 1. The van der Waals surface area contributed by atoms with Gasteiger partial charge in [0.05, 0.1) is 18.4 Å². The second kappa shape index (κ2) is 7.89. The summed E-state index contributed by atoms with van der Waals surface area (Å²) in [5.74, 6) is 2.01. The van der Waals surface area contributed by atoms with Crippen LogP contribution in [0, 0.1) is 0 Å². The van der Waals surface area contributed by atoms with Crippen LogP contribution in [0.5, 0.6) is 11.5 Å². The fraction of sp³-hybridized carbons (Fsp3) is 0.105. The Morgan fingerprint density at radius 1 is 1.15 bits per heavy atom. The van der Waals surface area contributed by atoms with Crippen LogP contribution in [0.3, 0.4) is 0 Å². The smallest absolute Gasteiger partial charge is 0.247 e. The van der Waals surface area contributed by atoms with Crippen LogP contribution < -0.4 is 9.47 Å². The number of aromatic nitrogens is 3. The first kappa shape index (κ1) is 17.7. The van der Waals surface area contributed by atoms with Crippen LogP contribution in [-0.2, 0) is 6.61 Å². The molecule has 0 unspecified atom stereocenters. The molecule has 0 spiro atoms. The van der Waals surface area contributed by atoms with Crippen molar-refractivity contribution in [3.63, 3.8) is 0 Å². The minimum atomic E-state index is 0.382. The molecule has 0 aliphatic rings. The largest absolute Gasteiger partial charge is 0.496 e. The summed E-state index contributed by atoms with van der Waals surface area (Å²) in [6.07, 6.45) is 1.31. The lowest BCUT2D eigenvalue weighted by atomic mass is 10.2. The van der Waals surface area contributed by atoms with Crippen molar-refractivity contribution in [2.24, 2.45) is 0 Å². The zero-order valence-corrected chi connectivity index (χ0v) is 16.7. The SMILES string of the molecule is COc1ccc(Br)cc1-c1nc(COc2ccc(-c3nnco3)cc2)cs1. The van der Waals surface area contributed by atoms with Crippen molar-refractivity contribution in [2.45, 2.75) is 6.61 Å². The molecule has 0 radical (unpaired) electrons. The van der Waals surface area contributed by atoms with Gasteiger partial charge in [0.15, 0.2) is 0 Å². The zero-order valence-electron chi connectivity index (χ0n) is 14.3. The average Bonchev–Trinajstić information content (AvgIpc) is 3.39. The molecular formula is C19H14BrN3O3S. The molecule has 136 valence electrons. The number of nitrogens with zero attached hydrogens (tertiary/aromatic N) is 3. The molecule has 0 atom stereocenters. The Morgan fingerprint density at radius 2 is 2.00 bits per heavy atom. The maximum atomic E-state index is 5.83. The molecule has 0 N–H and O–H groups in total. The Morgan fingerprint density at radius 3 is 2.74 bits per heavy atom. The summed E-state index contributed by atoms with van der Waals surface area (Å²) >= 11 is 5.05. The molecule has 2 aromatic heterocycles. The van der Waals surface area contributed by atoms with Crippen LogP contribution in [-0.4, -0.2) is 22.3 Å². The van der Waals surface area contributed by atoms with E-state index in [0.717, 1.165) is 37.8 Å². The van der Waals surface area contributed by atoms with Crippen LogP contribution in [0.2, 0.25) is 0 Å². The lowest BCUT2D eigenvalue weighted by molar-refractivity contribution is 0.302. The quantitative estimate of drug-likeness (QED) is 0.407. The molecule has 4 aromatic rings. The number of halogens is 1. The topological polar surface area (TPSA) is 70.3 Å². The maximum absolute atomic E-state index is 5.83. The Hall–Kier alpha value is -2.71. The first-order chi connectivity index (χ1) is 13.2. The summed E-state index contributed by atoms with van der Waals surface area (Å²) in [7, 11) is 1.66. The lowest BCUT2D eigenvalue weighted by Gasteiger charge is -2.06. The third-order valence-electron chi connectivity index (χ3n) is 3.79. The maximum Gasteiger partial charge on any atom is 0.247 e. The standard InChI is InChI=1S/C19H14BrN3O3S/c1-24-17-7-4-13(20)8-16(17)19-22-14(10-27-19)9-25-15-5-2-12(3-6-15)18-23-21-11-26-18/h2-8,10-11H,9H2,1H3.